The number of hydrogen-bond donors (Lipinski definition) is 1. The largest absolute Gasteiger partial charge is 0.476 e. The van der Waals surface area contributed by atoms with Gasteiger partial charge in [-0.3, -0.25) is 4.68 Å². The molecule has 1 aromatic carbocycles. The molecule has 1 aliphatic heterocycles. The van der Waals surface area contributed by atoms with Crippen molar-refractivity contribution in [2.75, 3.05) is 5.75 Å². The normalized spacial score (nSPS) is 17.7. The molecule has 0 saturated heterocycles. The molecule has 0 radical (unpaired) electrons. The molecular weight excluding hydrogens is 248 g/mol. The quantitative estimate of drug-likeness (QED) is 0.921. The maximum Gasteiger partial charge on any atom is 0.356 e. The summed E-state index contributed by atoms with van der Waals surface area (Å²) in [6.45, 7) is 0.733. The van der Waals surface area contributed by atoms with Gasteiger partial charge in [0.05, 0.1) is 0 Å². The molecule has 1 N–H and O–H groups in total. The Balaban J connectivity index is 1.80. The van der Waals surface area contributed by atoms with Gasteiger partial charge in [0.1, 0.15) is 0 Å². The Labute approximate surface area is 109 Å². The molecule has 18 heavy (non-hydrogen) atoms. The summed E-state index contributed by atoms with van der Waals surface area (Å²) in [5, 5.41) is 12.9. The van der Waals surface area contributed by atoms with E-state index in [0.717, 1.165) is 12.3 Å². The topological polar surface area (TPSA) is 55.1 Å². The van der Waals surface area contributed by atoms with Crippen molar-refractivity contribution >= 4 is 17.7 Å². The lowest BCUT2D eigenvalue weighted by molar-refractivity contribution is 0.0689. The number of carbonyl (C=O) groups is 1. The highest BCUT2D eigenvalue weighted by Gasteiger charge is 2.23. The number of benzene rings is 1. The molecule has 1 aromatic heterocycles. The van der Waals surface area contributed by atoms with Crippen LogP contribution in [0.3, 0.4) is 0 Å². The van der Waals surface area contributed by atoms with E-state index in [0.29, 0.717) is 5.92 Å². The molecule has 0 bridgehead atoms. The predicted molar refractivity (Wildman–Crippen MR) is 69.1 cm³/mol. The lowest BCUT2D eigenvalue weighted by Crippen LogP contribution is -2.10. The highest BCUT2D eigenvalue weighted by Crippen LogP contribution is 2.39. The van der Waals surface area contributed by atoms with Crippen LogP contribution in [-0.4, -0.2) is 26.6 Å². The van der Waals surface area contributed by atoms with E-state index in [2.05, 4.69) is 17.2 Å². The number of nitrogens with zero attached hydrogens (tertiary/aromatic N) is 2. The van der Waals surface area contributed by atoms with Crippen LogP contribution in [0.25, 0.3) is 0 Å². The Morgan fingerprint density at radius 3 is 3.06 bits per heavy atom. The Hall–Kier alpha value is -1.75. The average Bonchev–Trinajstić information content (AvgIpc) is 2.98. The number of rotatable bonds is 3. The van der Waals surface area contributed by atoms with Gasteiger partial charge in [0.25, 0.3) is 0 Å². The van der Waals surface area contributed by atoms with E-state index in [9.17, 15) is 4.79 Å². The van der Waals surface area contributed by atoms with Crippen LogP contribution in [0.1, 0.15) is 22.0 Å². The molecule has 3 rings (SSSR count). The summed E-state index contributed by atoms with van der Waals surface area (Å²) in [5.41, 5.74) is 1.45. The minimum absolute atomic E-state index is 0.105. The van der Waals surface area contributed by atoms with Gasteiger partial charge in [0.15, 0.2) is 5.69 Å². The zero-order valence-electron chi connectivity index (χ0n) is 9.61. The van der Waals surface area contributed by atoms with E-state index in [1.54, 1.807) is 10.9 Å². The van der Waals surface area contributed by atoms with Gasteiger partial charge in [-0.2, -0.15) is 5.10 Å². The number of carboxylic acid groups (broad SMARTS) is 1. The summed E-state index contributed by atoms with van der Waals surface area (Å²) < 4.78 is 1.72. The Bertz CT molecular complexity index is 594. The molecule has 1 unspecified atom stereocenters. The van der Waals surface area contributed by atoms with Gasteiger partial charge in [0.2, 0.25) is 0 Å². The van der Waals surface area contributed by atoms with Crippen molar-refractivity contribution in [3.63, 3.8) is 0 Å². The van der Waals surface area contributed by atoms with Crippen molar-refractivity contribution in [1.29, 1.82) is 0 Å². The van der Waals surface area contributed by atoms with E-state index >= 15 is 0 Å². The second kappa shape index (κ2) is 4.49. The lowest BCUT2D eigenvalue weighted by atomic mass is 10.0. The van der Waals surface area contributed by atoms with Crippen LogP contribution in [0.15, 0.2) is 41.4 Å². The van der Waals surface area contributed by atoms with Crippen LogP contribution < -0.4 is 0 Å². The Morgan fingerprint density at radius 2 is 2.28 bits per heavy atom. The predicted octanol–water partition coefficient (Wildman–Crippen LogP) is 2.47. The molecular formula is C13H12N2O2S. The van der Waals surface area contributed by atoms with Crippen LogP contribution in [-0.2, 0) is 6.54 Å². The minimum atomic E-state index is -0.977. The maximum absolute atomic E-state index is 10.8. The number of fused-ring (bicyclic) bond motifs is 1. The molecule has 2 heterocycles. The third kappa shape index (κ3) is 2.01. The molecule has 0 amide bonds. The molecule has 0 aliphatic carbocycles. The SMILES string of the molecule is O=C(O)c1ccn(CC2CSc3ccccc32)n1. The standard InChI is InChI=1S/C13H12N2O2S/c16-13(17)11-5-6-15(14-11)7-9-8-18-12-4-2-1-3-10(9)12/h1-6,9H,7-8H2,(H,16,17). The number of thioether (sulfide) groups is 1. The van der Waals surface area contributed by atoms with Gasteiger partial charge in [-0.1, -0.05) is 18.2 Å². The van der Waals surface area contributed by atoms with E-state index in [-0.39, 0.29) is 5.69 Å². The fourth-order valence-electron chi connectivity index (χ4n) is 2.18. The number of aromatic nitrogens is 2. The monoisotopic (exact) mass is 260 g/mol. The molecule has 92 valence electrons. The van der Waals surface area contributed by atoms with E-state index in [4.69, 9.17) is 5.11 Å². The van der Waals surface area contributed by atoms with Crippen molar-refractivity contribution in [3.05, 3.63) is 47.8 Å². The summed E-state index contributed by atoms with van der Waals surface area (Å²) in [4.78, 5) is 12.1. The van der Waals surface area contributed by atoms with Crippen molar-refractivity contribution in [2.45, 2.75) is 17.4 Å². The molecule has 4 nitrogen and oxygen atoms in total. The van der Waals surface area contributed by atoms with Gasteiger partial charge >= 0.3 is 5.97 Å². The summed E-state index contributed by atoms with van der Waals surface area (Å²) >= 11 is 1.85. The summed E-state index contributed by atoms with van der Waals surface area (Å²) in [6, 6.07) is 9.90. The van der Waals surface area contributed by atoms with Crippen molar-refractivity contribution in [2.24, 2.45) is 0 Å². The van der Waals surface area contributed by atoms with E-state index in [1.807, 2.05) is 23.9 Å². The first-order valence-corrected chi connectivity index (χ1v) is 6.71. The fourth-order valence-corrected chi connectivity index (χ4v) is 3.43. The van der Waals surface area contributed by atoms with Crippen LogP contribution in [0.2, 0.25) is 0 Å². The van der Waals surface area contributed by atoms with Crippen molar-refractivity contribution < 1.29 is 9.90 Å². The molecule has 0 saturated carbocycles. The fraction of sp³-hybridized carbons (Fsp3) is 0.231. The number of hydrogen-bond acceptors (Lipinski definition) is 3. The molecule has 5 heteroatoms. The van der Waals surface area contributed by atoms with Gasteiger partial charge in [0, 0.05) is 29.3 Å². The van der Waals surface area contributed by atoms with Crippen LogP contribution in [0, 0.1) is 0 Å². The molecule has 1 atom stereocenters. The number of carboxylic acids is 1. The van der Waals surface area contributed by atoms with E-state index < -0.39 is 5.97 Å². The first-order chi connectivity index (χ1) is 8.74. The van der Waals surface area contributed by atoms with Gasteiger partial charge in [-0.15, -0.1) is 11.8 Å². The van der Waals surface area contributed by atoms with Gasteiger partial charge < -0.3 is 5.11 Å². The first-order valence-electron chi connectivity index (χ1n) is 5.72. The second-order valence-electron chi connectivity index (χ2n) is 4.27. The second-order valence-corrected chi connectivity index (χ2v) is 5.34. The molecule has 0 spiro atoms. The molecule has 2 aromatic rings. The van der Waals surface area contributed by atoms with E-state index in [1.165, 1.54) is 16.5 Å². The third-order valence-electron chi connectivity index (χ3n) is 3.07. The van der Waals surface area contributed by atoms with Crippen LogP contribution in [0.5, 0.6) is 0 Å². The third-order valence-corrected chi connectivity index (χ3v) is 4.32. The highest BCUT2D eigenvalue weighted by atomic mass is 32.2. The average molecular weight is 260 g/mol. The summed E-state index contributed by atoms with van der Waals surface area (Å²) in [6.07, 6.45) is 1.73. The van der Waals surface area contributed by atoms with Crippen LogP contribution in [0.4, 0.5) is 0 Å². The maximum atomic E-state index is 10.8. The lowest BCUT2D eigenvalue weighted by Gasteiger charge is -2.10. The Kier molecular flexibility index (Phi) is 2.83. The zero-order chi connectivity index (χ0) is 12.5. The minimum Gasteiger partial charge on any atom is -0.476 e. The highest BCUT2D eigenvalue weighted by molar-refractivity contribution is 7.99. The van der Waals surface area contributed by atoms with Gasteiger partial charge in [-0.05, 0) is 17.7 Å². The molecule has 0 fully saturated rings. The molecule has 1 aliphatic rings. The summed E-state index contributed by atoms with van der Waals surface area (Å²) in [5.74, 6) is 0.462. The van der Waals surface area contributed by atoms with Crippen molar-refractivity contribution in [1.82, 2.24) is 9.78 Å². The van der Waals surface area contributed by atoms with Crippen molar-refractivity contribution in [3.8, 4) is 0 Å². The smallest absolute Gasteiger partial charge is 0.356 e. The number of aromatic carboxylic acids is 1. The van der Waals surface area contributed by atoms with Crippen LogP contribution >= 0.6 is 11.8 Å². The first kappa shape index (κ1) is 11.3. The Morgan fingerprint density at radius 1 is 1.44 bits per heavy atom. The summed E-state index contributed by atoms with van der Waals surface area (Å²) in [7, 11) is 0. The van der Waals surface area contributed by atoms with Gasteiger partial charge in [-0.25, -0.2) is 4.79 Å². The zero-order valence-corrected chi connectivity index (χ0v) is 10.4.